The van der Waals surface area contributed by atoms with Crippen molar-refractivity contribution in [1.82, 2.24) is 19.9 Å². The van der Waals surface area contributed by atoms with Crippen molar-refractivity contribution in [2.24, 2.45) is 0 Å². The first-order valence-electron chi connectivity index (χ1n) is 12.1. The zero-order chi connectivity index (χ0) is 25.1. The van der Waals surface area contributed by atoms with E-state index in [1.165, 1.54) is 0 Å². The normalized spacial score (nSPS) is 12.4. The second-order valence-corrected chi connectivity index (χ2v) is 10.8. The number of anilines is 3. The Balaban J connectivity index is 1.39. The van der Waals surface area contributed by atoms with E-state index in [0.29, 0.717) is 0 Å². The Kier molecular flexibility index (Phi) is 4.76. The Hall–Kier alpha value is -4.66. The Morgan fingerprint density at radius 3 is 1.63 bits per heavy atom. The number of hydrogen-bond acceptors (Lipinski definition) is 8. The fourth-order valence-electron chi connectivity index (χ4n) is 4.76. The molecule has 8 heteroatoms. The van der Waals surface area contributed by atoms with E-state index in [4.69, 9.17) is 14.7 Å². The van der Waals surface area contributed by atoms with Crippen LogP contribution in [0.4, 0.5) is 17.1 Å². The molecule has 38 heavy (non-hydrogen) atoms. The molecule has 1 aliphatic heterocycles. The second-order valence-electron chi connectivity index (χ2n) is 8.83. The smallest absolute Gasteiger partial charge is 0.151 e. The Bertz CT molecular complexity index is 1790. The number of ether oxygens (including phenoxy) is 1. The monoisotopic (exact) mass is 527 g/mol. The van der Waals surface area contributed by atoms with Gasteiger partial charge in [-0.05, 0) is 66.7 Å². The largest absolute Gasteiger partial charge is 0.453 e. The maximum absolute atomic E-state index is 6.26. The molecule has 6 nitrogen and oxygen atoms in total. The molecule has 0 aliphatic carbocycles. The van der Waals surface area contributed by atoms with E-state index in [9.17, 15) is 0 Å². The van der Waals surface area contributed by atoms with Gasteiger partial charge in [0, 0.05) is 29.2 Å². The van der Waals surface area contributed by atoms with Crippen molar-refractivity contribution in [3.8, 4) is 32.6 Å². The van der Waals surface area contributed by atoms with Crippen LogP contribution in [0.25, 0.3) is 41.8 Å². The van der Waals surface area contributed by atoms with E-state index >= 15 is 0 Å². The van der Waals surface area contributed by atoms with Crippen LogP contribution < -0.4 is 9.64 Å². The molecule has 0 spiro atoms. The maximum atomic E-state index is 6.26. The molecule has 0 fully saturated rings. The minimum absolute atomic E-state index is 0.812. The maximum Gasteiger partial charge on any atom is 0.151 e. The molecule has 0 atom stereocenters. The molecule has 0 bridgehead atoms. The minimum atomic E-state index is 0.812. The molecule has 3 aromatic carbocycles. The van der Waals surface area contributed by atoms with Crippen molar-refractivity contribution in [1.29, 1.82) is 0 Å². The molecule has 0 radical (unpaired) electrons. The number of fused-ring (bicyclic) bond motifs is 4. The lowest BCUT2D eigenvalue weighted by Gasteiger charge is -2.33. The van der Waals surface area contributed by atoms with Crippen LogP contribution in [0.15, 0.2) is 103 Å². The molecule has 4 aromatic heterocycles. The van der Waals surface area contributed by atoms with E-state index in [1.54, 1.807) is 22.7 Å². The van der Waals surface area contributed by atoms with Crippen LogP contribution in [0.3, 0.4) is 0 Å². The number of pyridine rings is 2. The molecule has 0 unspecified atom stereocenters. The van der Waals surface area contributed by atoms with E-state index in [-0.39, 0.29) is 0 Å². The highest BCUT2D eigenvalue weighted by Gasteiger charge is 2.26. The summed E-state index contributed by atoms with van der Waals surface area (Å²) in [4.78, 5) is 23.0. The topological polar surface area (TPSA) is 64.0 Å². The van der Waals surface area contributed by atoms with Crippen LogP contribution in [-0.2, 0) is 0 Å². The van der Waals surface area contributed by atoms with Gasteiger partial charge in [-0.3, -0.25) is 0 Å². The van der Waals surface area contributed by atoms with Crippen molar-refractivity contribution in [3.05, 3.63) is 103 Å². The summed E-state index contributed by atoms with van der Waals surface area (Å²) < 4.78 is 6.26. The predicted molar refractivity (Wildman–Crippen MR) is 154 cm³/mol. The fourth-order valence-corrected chi connectivity index (χ4v) is 6.55. The first-order valence-corrected chi connectivity index (χ1v) is 13.7. The predicted octanol–water partition coefficient (Wildman–Crippen LogP) is 8.61. The highest BCUT2D eigenvalue weighted by molar-refractivity contribution is 7.21. The summed E-state index contributed by atoms with van der Waals surface area (Å²) in [6.07, 6.45) is 3.61. The highest BCUT2D eigenvalue weighted by Crippen LogP contribution is 2.51. The van der Waals surface area contributed by atoms with Gasteiger partial charge in [0.15, 0.2) is 11.5 Å². The first-order chi connectivity index (χ1) is 18.8. The average Bonchev–Trinajstić information content (AvgIpc) is 3.60. The van der Waals surface area contributed by atoms with Crippen molar-refractivity contribution in [2.45, 2.75) is 0 Å². The molecule has 0 N–H and O–H groups in total. The Morgan fingerprint density at radius 2 is 1.11 bits per heavy atom. The van der Waals surface area contributed by atoms with Gasteiger partial charge in [0.05, 0.1) is 11.4 Å². The number of para-hydroxylation sites is 4. The number of rotatable bonds is 3. The Labute approximate surface area is 225 Å². The van der Waals surface area contributed by atoms with Crippen LogP contribution in [0.2, 0.25) is 0 Å². The van der Waals surface area contributed by atoms with Gasteiger partial charge in [-0.1, -0.05) is 46.9 Å². The van der Waals surface area contributed by atoms with Crippen molar-refractivity contribution in [3.63, 3.8) is 0 Å². The molecule has 8 rings (SSSR count). The quantitative estimate of drug-likeness (QED) is 0.229. The first kappa shape index (κ1) is 21.4. The Morgan fingerprint density at radius 1 is 0.579 bits per heavy atom. The number of nitrogens with zero attached hydrogens (tertiary/aromatic N) is 5. The second kappa shape index (κ2) is 8.44. The van der Waals surface area contributed by atoms with E-state index in [0.717, 1.165) is 70.4 Å². The minimum Gasteiger partial charge on any atom is -0.453 e. The van der Waals surface area contributed by atoms with Gasteiger partial charge in [-0.2, -0.15) is 0 Å². The highest BCUT2D eigenvalue weighted by atomic mass is 32.1. The average molecular weight is 528 g/mol. The fraction of sp³-hybridized carbons (Fsp3) is 0. The summed E-state index contributed by atoms with van der Waals surface area (Å²) in [5.74, 6) is 1.62. The summed E-state index contributed by atoms with van der Waals surface area (Å²) in [6.45, 7) is 0. The third kappa shape index (κ3) is 3.46. The van der Waals surface area contributed by atoms with Gasteiger partial charge in [-0.15, -0.1) is 0 Å². The zero-order valence-corrected chi connectivity index (χ0v) is 21.4. The van der Waals surface area contributed by atoms with Gasteiger partial charge in [0.25, 0.3) is 0 Å². The van der Waals surface area contributed by atoms with Crippen LogP contribution in [-0.4, -0.2) is 19.9 Å². The molecule has 0 saturated carbocycles. The number of aromatic nitrogens is 4. The number of thiazole rings is 2. The van der Waals surface area contributed by atoms with Crippen molar-refractivity contribution in [2.75, 3.05) is 4.90 Å². The van der Waals surface area contributed by atoms with Crippen LogP contribution in [0.5, 0.6) is 11.5 Å². The molecule has 7 aromatic rings. The number of hydrogen-bond donors (Lipinski definition) is 0. The molecule has 1 aliphatic rings. The molecular formula is C30H17N5OS2. The summed E-state index contributed by atoms with van der Waals surface area (Å²) in [5.41, 5.74) is 6.76. The lowest BCUT2D eigenvalue weighted by molar-refractivity contribution is 0.477. The van der Waals surface area contributed by atoms with Crippen LogP contribution in [0, 0.1) is 0 Å². The molecular weight excluding hydrogens is 510 g/mol. The van der Waals surface area contributed by atoms with Crippen molar-refractivity contribution >= 4 is 60.4 Å². The van der Waals surface area contributed by atoms with Gasteiger partial charge >= 0.3 is 0 Å². The molecule has 5 heterocycles. The zero-order valence-electron chi connectivity index (χ0n) is 19.8. The SMILES string of the molecule is c1ccc2c(c1)Oc1ccccc1N2c1cc(-c2nc3cccnc3s2)cc(-c2nc3cccnc3s2)c1. The molecule has 180 valence electrons. The third-order valence-electron chi connectivity index (χ3n) is 6.43. The van der Waals surface area contributed by atoms with E-state index in [2.05, 4.69) is 45.2 Å². The van der Waals surface area contributed by atoms with E-state index in [1.807, 2.05) is 73.1 Å². The van der Waals surface area contributed by atoms with Crippen LogP contribution >= 0.6 is 22.7 Å². The van der Waals surface area contributed by atoms with Gasteiger partial charge < -0.3 is 9.64 Å². The van der Waals surface area contributed by atoms with Crippen LogP contribution in [0.1, 0.15) is 0 Å². The summed E-state index contributed by atoms with van der Waals surface area (Å²) in [7, 11) is 0. The number of benzene rings is 3. The summed E-state index contributed by atoms with van der Waals surface area (Å²) in [5, 5.41) is 1.83. The van der Waals surface area contributed by atoms with Gasteiger partial charge in [0.2, 0.25) is 0 Å². The van der Waals surface area contributed by atoms with Crippen molar-refractivity contribution < 1.29 is 4.74 Å². The summed E-state index contributed by atoms with van der Waals surface area (Å²) in [6, 6.07) is 30.6. The van der Waals surface area contributed by atoms with E-state index < -0.39 is 0 Å². The third-order valence-corrected chi connectivity index (χ3v) is 8.49. The molecule has 0 amide bonds. The van der Waals surface area contributed by atoms with Gasteiger partial charge in [-0.25, -0.2) is 19.9 Å². The lowest BCUT2D eigenvalue weighted by Crippen LogP contribution is -2.15. The lowest BCUT2D eigenvalue weighted by atomic mass is 10.1. The standard InChI is InChI=1S/C30H17N5OS2/c1-3-11-25-23(9-1)35(24-10-2-4-12-26(24)36-25)20-16-18(27-33-21-7-5-13-31-29(21)37-27)15-19(17-20)28-34-22-8-6-14-32-30(22)38-28/h1-17H. The summed E-state index contributed by atoms with van der Waals surface area (Å²) >= 11 is 3.18. The van der Waals surface area contributed by atoms with Gasteiger partial charge in [0.1, 0.15) is 30.7 Å². The molecule has 0 saturated heterocycles.